The number of nitrogens with one attached hydrogen (secondary N) is 1. The van der Waals surface area contributed by atoms with Crippen LogP contribution in [0.15, 0.2) is 24.5 Å². The van der Waals surface area contributed by atoms with Crippen LogP contribution in [0.25, 0.3) is 11.0 Å². The number of fused-ring (bicyclic) bond motifs is 1. The molecule has 5 nitrogen and oxygen atoms in total. The van der Waals surface area contributed by atoms with Gasteiger partial charge in [0.15, 0.2) is 6.07 Å². The Bertz CT molecular complexity index is 664. The van der Waals surface area contributed by atoms with Crippen LogP contribution in [0.3, 0.4) is 0 Å². The highest BCUT2D eigenvalue weighted by molar-refractivity contribution is 5.91. The smallest absolute Gasteiger partial charge is 0.322 e. The van der Waals surface area contributed by atoms with E-state index < -0.39 is 5.91 Å². The zero-order valence-electron chi connectivity index (χ0n) is 11.3. The molecule has 0 aliphatic carbocycles. The molecule has 0 fully saturated rings. The maximum atomic E-state index is 11.0. The van der Waals surface area contributed by atoms with E-state index in [9.17, 15) is 4.79 Å². The fourth-order valence-electron chi connectivity index (χ4n) is 2.00. The number of carbonyl (C=O) groups is 1. The number of nitriles is 1. The number of hydrogen-bond donors (Lipinski definition) is 1. The van der Waals surface area contributed by atoms with Crippen molar-refractivity contribution in [2.45, 2.75) is 19.3 Å². The first-order valence-corrected chi connectivity index (χ1v) is 6.03. The third-order valence-electron chi connectivity index (χ3n) is 3.30. The SMILES string of the molecule is Cn1cnc2cc(C(C)(C)CNC(=O)C#N)ccc21. The number of aromatic nitrogens is 2. The zero-order chi connectivity index (χ0) is 14.0. The molecule has 0 aliphatic heterocycles. The first-order valence-electron chi connectivity index (χ1n) is 6.03. The largest absolute Gasteiger partial charge is 0.343 e. The Hall–Kier alpha value is -2.35. The molecule has 0 saturated carbocycles. The quantitative estimate of drug-likeness (QED) is 0.846. The molecule has 1 aromatic carbocycles. The lowest BCUT2D eigenvalue weighted by Gasteiger charge is -2.25. The van der Waals surface area contributed by atoms with E-state index in [1.54, 1.807) is 12.4 Å². The molecule has 1 amide bonds. The molecular weight excluding hydrogens is 240 g/mol. The topological polar surface area (TPSA) is 70.7 Å². The van der Waals surface area contributed by atoms with E-state index in [2.05, 4.69) is 10.3 Å². The third-order valence-corrected chi connectivity index (χ3v) is 3.30. The molecule has 1 aromatic heterocycles. The summed E-state index contributed by atoms with van der Waals surface area (Å²) >= 11 is 0. The maximum absolute atomic E-state index is 11.0. The summed E-state index contributed by atoms with van der Waals surface area (Å²) in [5.41, 5.74) is 2.83. The molecule has 1 N–H and O–H groups in total. The Morgan fingerprint density at radius 2 is 2.26 bits per heavy atom. The first kappa shape index (κ1) is 13.1. The first-order chi connectivity index (χ1) is 8.94. The van der Waals surface area contributed by atoms with Crippen LogP contribution in [0.1, 0.15) is 19.4 Å². The van der Waals surface area contributed by atoms with Crippen LogP contribution in [-0.2, 0) is 17.3 Å². The Kier molecular flexibility index (Phi) is 3.26. The molecule has 19 heavy (non-hydrogen) atoms. The highest BCUT2D eigenvalue weighted by atomic mass is 16.1. The zero-order valence-corrected chi connectivity index (χ0v) is 11.3. The number of carbonyl (C=O) groups excluding carboxylic acids is 1. The minimum Gasteiger partial charge on any atom is -0.343 e. The van der Waals surface area contributed by atoms with Crippen molar-refractivity contribution >= 4 is 16.9 Å². The average molecular weight is 256 g/mol. The van der Waals surface area contributed by atoms with E-state index in [1.807, 2.05) is 43.7 Å². The van der Waals surface area contributed by atoms with Gasteiger partial charge < -0.3 is 9.88 Å². The van der Waals surface area contributed by atoms with Gasteiger partial charge >= 0.3 is 5.91 Å². The molecule has 0 atom stereocenters. The van der Waals surface area contributed by atoms with E-state index in [0.717, 1.165) is 16.6 Å². The van der Waals surface area contributed by atoms with Crippen molar-refractivity contribution in [3.63, 3.8) is 0 Å². The highest BCUT2D eigenvalue weighted by Crippen LogP contribution is 2.25. The molecule has 0 unspecified atom stereocenters. The summed E-state index contributed by atoms with van der Waals surface area (Å²) in [6.45, 7) is 4.46. The summed E-state index contributed by atoms with van der Waals surface area (Å²) in [5.74, 6) is -0.605. The summed E-state index contributed by atoms with van der Waals surface area (Å²) in [4.78, 5) is 15.3. The Morgan fingerprint density at radius 1 is 1.53 bits per heavy atom. The molecule has 0 radical (unpaired) electrons. The van der Waals surface area contributed by atoms with E-state index in [1.165, 1.54) is 0 Å². The number of amides is 1. The summed E-state index contributed by atoms with van der Waals surface area (Å²) in [5, 5.41) is 11.1. The lowest BCUT2D eigenvalue weighted by atomic mass is 9.84. The van der Waals surface area contributed by atoms with Crippen molar-refractivity contribution in [2.24, 2.45) is 7.05 Å². The van der Waals surface area contributed by atoms with E-state index in [-0.39, 0.29) is 5.41 Å². The second kappa shape index (κ2) is 4.73. The average Bonchev–Trinajstić information content (AvgIpc) is 2.77. The van der Waals surface area contributed by atoms with Gasteiger partial charge in [0.2, 0.25) is 0 Å². The van der Waals surface area contributed by atoms with Gasteiger partial charge in [-0.3, -0.25) is 4.79 Å². The molecule has 0 spiro atoms. The lowest BCUT2D eigenvalue weighted by molar-refractivity contribution is -0.116. The second-order valence-corrected chi connectivity index (χ2v) is 5.24. The molecule has 0 bridgehead atoms. The molecule has 2 rings (SSSR count). The second-order valence-electron chi connectivity index (χ2n) is 5.24. The fraction of sp³-hybridized carbons (Fsp3) is 0.357. The van der Waals surface area contributed by atoms with Crippen molar-refractivity contribution in [2.75, 3.05) is 6.54 Å². The molecule has 5 heteroatoms. The van der Waals surface area contributed by atoms with Crippen LogP contribution in [0.2, 0.25) is 0 Å². The Balaban J connectivity index is 2.27. The minimum absolute atomic E-state index is 0.252. The van der Waals surface area contributed by atoms with Gasteiger partial charge in [0, 0.05) is 19.0 Å². The summed E-state index contributed by atoms with van der Waals surface area (Å²) in [6.07, 6.45) is 1.78. The van der Waals surface area contributed by atoms with Gasteiger partial charge in [-0.25, -0.2) is 4.98 Å². The molecule has 0 aliphatic rings. The molecule has 98 valence electrons. The number of nitrogens with zero attached hydrogens (tertiary/aromatic N) is 3. The van der Waals surface area contributed by atoms with Crippen LogP contribution in [0, 0.1) is 11.3 Å². The maximum Gasteiger partial charge on any atom is 0.322 e. The van der Waals surface area contributed by atoms with Crippen LogP contribution in [0.4, 0.5) is 0 Å². The third kappa shape index (κ3) is 2.58. The van der Waals surface area contributed by atoms with Crippen molar-refractivity contribution in [1.82, 2.24) is 14.9 Å². The standard InChI is InChI=1S/C14H16N4O/c1-14(2,8-16-13(19)7-15)10-4-5-12-11(6-10)17-9-18(12)3/h4-6,9H,8H2,1-3H3,(H,16,19). The van der Waals surface area contributed by atoms with Gasteiger partial charge in [0.25, 0.3) is 0 Å². The van der Waals surface area contributed by atoms with Crippen LogP contribution in [0.5, 0.6) is 0 Å². The van der Waals surface area contributed by atoms with Gasteiger partial charge in [0.05, 0.1) is 17.4 Å². The highest BCUT2D eigenvalue weighted by Gasteiger charge is 2.22. The van der Waals surface area contributed by atoms with Gasteiger partial charge in [-0.05, 0) is 17.7 Å². The normalized spacial score (nSPS) is 11.3. The molecule has 2 aromatic rings. The molecule has 1 heterocycles. The van der Waals surface area contributed by atoms with Crippen molar-refractivity contribution < 1.29 is 4.79 Å². The van der Waals surface area contributed by atoms with Crippen molar-refractivity contribution in [3.8, 4) is 6.07 Å². The van der Waals surface area contributed by atoms with Crippen molar-refractivity contribution in [1.29, 1.82) is 5.26 Å². The summed E-state index contributed by atoms with van der Waals surface area (Å²) < 4.78 is 1.96. The predicted octanol–water partition coefficient (Wildman–Crippen LogP) is 1.49. The van der Waals surface area contributed by atoms with Gasteiger partial charge in [0.1, 0.15) is 0 Å². The van der Waals surface area contributed by atoms with E-state index in [4.69, 9.17) is 5.26 Å². The monoisotopic (exact) mass is 256 g/mol. The summed E-state index contributed by atoms with van der Waals surface area (Å²) in [6, 6.07) is 7.63. The number of rotatable bonds is 3. The van der Waals surface area contributed by atoms with Crippen LogP contribution in [-0.4, -0.2) is 22.0 Å². The molecular formula is C14H16N4O. The van der Waals surface area contributed by atoms with Gasteiger partial charge in [-0.1, -0.05) is 19.9 Å². The van der Waals surface area contributed by atoms with Gasteiger partial charge in [-0.15, -0.1) is 0 Å². The summed E-state index contributed by atoms with van der Waals surface area (Å²) in [7, 11) is 1.95. The fourth-order valence-corrected chi connectivity index (χ4v) is 2.00. The number of benzene rings is 1. The van der Waals surface area contributed by atoms with Crippen LogP contribution < -0.4 is 5.32 Å². The lowest BCUT2D eigenvalue weighted by Crippen LogP contribution is -2.36. The van der Waals surface area contributed by atoms with Gasteiger partial charge in [-0.2, -0.15) is 5.26 Å². The predicted molar refractivity (Wildman–Crippen MR) is 72.4 cm³/mol. The number of aryl methyl sites for hydroxylation is 1. The van der Waals surface area contributed by atoms with Crippen LogP contribution >= 0.6 is 0 Å². The van der Waals surface area contributed by atoms with E-state index >= 15 is 0 Å². The van der Waals surface area contributed by atoms with E-state index in [0.29, 0.717) is 6.54 Å². The number of hydrogen-bond acceptors (Lipinski definition) is 3. The van der Waals surface area contributed by atoms with Crippen molar-refractivity contribution in [3.05, 3.63) is 30.1 Å². The Morgan fingerprint density at radius 3 is 2.95 bits per heavy atom. The number of imidazole rings is 1. The Labute approximate surface area is 111 Å². The minimum atomic E-state index is -0.605. The molecule has 0 saturated heterocycles.